The van der Waals surface area contributed by atoms with Crippen LogP contribution in [0.2, 0.25) is 0 Å². The van der Waals surface area contributed by atoms with Crippen LogP contribution >= 0.6 is 0 Å². The molecule has 4 heteroatoms. The first kappa shape index (κ1) is 15.2. The molecule has 0 bridgehead atoms. The van der Waals surface area contributed by atoms with Crippen LogP contribution in [0.15, 0.2) is 24.3 Å². The van der Waals surface area contributed by atoms with E-state index in [0.29, 0.717) is 29.6 Å². The predicted octanol–water partition coefficient (Wildman–Crippen LogP) is 2.84. The van der Waals surface area contributed by atoms with Gasteiger partial charge in [-0.2, -0.15) is 0 Å². The molecular weight excluding hydrogens is 276 g/mol. The summed E-state index contributed by atoms with van der Waals surface area (Å²) in [5.74, 6) is 0.0310. The molecular formula is C18H24N2O2. The van der Waals surface area contributed by atoms with Crippen LogP contribution in [0.1, 0.15) is 59.7 Å². The van der Waals surface area contributed by atoms with E-state index >= 15 is 0 Å². The number of fused-ring (bicyclic) bond motifs is 1. The van der Waals surface area contributed by atoms with Crippen molar-refractivity contribution < 1.29 is 9.59 Å². The van der Waals surface area contributed by atoms with E-state index < -0.39 is 0 Å². The lowest BCUT2D eigenvalue weighted by Crippen LogP contribution is -2.35. The van der Waals surface area contributed by atoms with Gasteiger partial charge < -0.3 is 5.32 Å². The van der Waals surface area contributed by atoms with Gasteiger partial charge in [-0.15, -0.1) is 0 Å². The highest BCUT2D eigenvalue weighted by Gasteiger charge is 2.35. The summed E-state index contributed by atoms with van der Waals surface area (Å²) in [5.41, 5.74) is 1.09. The average molecular weight is 300 g/mol. The maximum Gasteiger partial charge on any atom is 0.261 e. The minimum Gasteiger partial charge on any atom is -0.314 e. The summed E-state index contributed by atoms with van der Waals surface area (Å²) in [5, 5.41) is 3.59. The van der Waals surface area contributed by atoms with Gasteiger partial charge in [-0.25, -0.2) is 0 Å². The van der Waals surface area contributed by atoms with E-state index in [-0.39, 0.29) is 11.8 Å². The van der Waals surface area contributed by atoms with Crippen molar-refractivity contribution in [3.63, 3.8) is 0 Å². The van der Waals surface area contributed by atoms with Crippen molar-refractivity contribution in [2.24, 2.45) is 5.92 Å². The minimum absolute atomic E-state index is 0.142. The molecule has 1 atom stereocenters. The molecule has 118 valence electrons. The molecule has 1 aliphatic carbocycles. The number of nitrogens with zero attached hydrogens (tertiary/aromatic N) is 1. The maximum absolute atomic E-state index is 12.3. The van der Waals surface area contributed by atoms with E-state index in [9.17, 15) is 9.59 Å². The molecule has 2 aliphatic rings. The van der Waals surface area contributed by atoms with Gasteiger partial charge in [0.15, 0.2) is 0 Å². The fourth-order valence-corrected chi connectivity index (χ4v) is 3.47. The van der Waals surface area contributed by atoms with Crippen LogP contribution in [0.5, 0.6) is 0 Å². The highest BCUT2D eigenvalue weighted by molar-refractivity contribution is 6.21. The van der Waals surface area contributed by atoms with Crippen LogP contribution in [0.4, 0.5) is 0 Å². The molecule has 1 fully saturated rings. The molecule has 22 heavy (non-hydrogen) atoms. The van der Waals surface area contributed by atoms with Gasteiger partial charge in [0.25, 0.3) is 11.8 Å². The second-order valence-corrected chi connectivity index (χ2v) is 6.60. The Bertz CT molecular complexity index is 529. The van der Waals surface area contributed by atoms with Crippen molar-refractivity contribution in [1.29, 1.82) is 0 Å². The maximum atomic E-state index is 12.3. The Kier molecular flexibility index (Phi) is 4.57. The van der Waals surface area contributed by atoms with Crippen molar-refractivity contribution in [2.45, 2.75) is 45.1 Å². The Morgan fingerprint density at radius 3 is 2.32 bits per heavy atom. The zero-order chi connectivity index (χ0) is 15.5. The molecule has 1 N–H and O–H groups in total. The predicted molar refractivity (Wildman–Crippen MR) is 85.8 cm³/mol. The fraction of sp³-hybridized carbons (Fsp3) is 0.556. The number of hydrogen-bond donors (Lipinski definition) is 1. The lowest BCUT2D eigenvalue weighted by molar-refractivity contribution is 0.0630. The van der Waals surface area contributed by atoms with Gasteiger partial charge in [-0.1, -0.05) is 31.9 Å². The molecule has 1 saturated carbocycles. The van der Waals surface area contributed by atoms with Crippen LogP contribution < -0.4 is 5.32 Å². The van der Waals surface area contributed by atoms with Crippen molar-refractivity contribution in [3.8, 4) is 0 Å². The molecule has 0 saturated heterocycles. The molecule has 3 rings (SSSR count). The second-order valence-electron chi connectivity index (χ2n) is 6.60. The van der Waals surface area contributed by atoms with Crippen LogP contribution in [-0.4, -0.2) is 35.8 Å². The highest BCUT2D eigenvalue weighted by Crippen LogP contribution is 2.24. The van der Waals surface area contributed by atoms with Gasteiger partial charge >= 0.3 is 0 Å². The minimum atomic E-state index is -0.142. The normalized spacial score (nSPS) is 19.8. The smallest absolute Gasteiger partial charge is 0.261 e. The summed E-state index contributed by atoms with van der Waals surface area (Å²) in [6.07, 6.45) is 6.23. The Morgan fingerprint density at radius 1 is 1.14 bits per heavy atom. The number of carbonyl (C=O) groups excluding carboxylic acids is 2. The van der Waals surface area contributed by atoms with Crippen molar-refractivity contribution in [1.82, 2.24) is 10.2 Å². The number of imide groups is 1. The third-order valence-corrected chi connectivity index (χ3v) is 4.80. The van der Waals surface area contributed by atoms with Crippen LogP contribution in [0.3, 0.4) is 0 Å². The molecule has 2 amide bonds. The molecule has 1 aromatic rings. The van der Waals surface area contributed by atoms with E-state index in [1.807, 2.05) is 12.1 Å². The third kappa shape index (κ3) is 3.07. The number of carbonyl (C=O) groups is 2. The van der Waals surface area contributed by atoms with Gasteiger partial charge in [0.1, 0.15) is 0 Å². The Hall–Kier alpha value is -1.68. The third-order valence-electron chi connectivity index (χ3n) is 4.80. The average Bonchev–Trinajstić information content (AvgIpc) is 3.11. The standard InChI is InChI=1S/C18H24N2O2/c1-13(10-11-19-14-6-2-3-7-14)12-20-17(21)15-8-4-5-9-16(15)18(20)22/h4-5,8-9,13-14,19H,2-3,6-7,10-12H2,1H3. The van der Waals surface area contributed by atoms with Gasteiger partial charge in [0.2, 0.25) is 0 Å². The first-order chi connectivity index (χ1) is 10.7. The van der Waals surface area contributed by atoms with E-state index in [4.69, 9.17) is 0 Å². The zero-order valence-corrected chi connectivity index (χ0v) is 13.2. The van der Waals surface area contributed by atoms with E-state index in [1.54, 1.807) is 12.1 Å². The summed E-state index contributed by atoms with van der Waals surface area (Å²) >= 11 is 0. The van der Waals surface area contributed by atoms with Crippen molar-refractivity contribution in [2.75, 3.05) is 13.1 Å². The summed E-state index contributed by atoms with van der Waals surface area (Å²) in [7, 11) is 0. The molecule has 1 aliphatic heterocycles. The summed E-state index contributed by atoms with van der Waals surface area (Å²) in [6, 6.07) is 7.76. The van der Waals surface area contributed by atoms with E-state index in [2.05, 4.69) is 12.2 Å². The largest absolute Gasteiger partial charge is 0.314 e. The number of benzene rings is 1. The molecule has 0 aromatic heterocycles. The Morgan fingerprint density at radius 2 is 1.73 bits per heavy atom. The molecule has 0 radical (unpaired) electrons. The number of hydrogen-bond acceptors (Lipinski definition) is 3. The summed E-state index contributed by atoms with van der Waals surface area (Å²) in [4.78, 5) is 26.0. The monoisotopic (exact) mass is 300 g/mol. The van der Waals surface area contributed by atoms with Gasteiger partial charge in [-0.05, 0) is 43.9 Å². The quantitative estimate of drug-likeness (QED) is 0.822. The van der Waals surface area contributed by atoms with Crippen LogP contribution in [0, 0.1) is 5.92 Å². The second kappa shape index (κ2) is 6.61. The topological polar surface area (TPSA) is 49.4 Å². The summed E-state index contributed by atoms with van der Waals surface area (Å²) < 4.78 is 0. The zero-order valence-electron chi connectivity index (χ0n) is 13.2. The Balaban J connectivity index is 1.50. The highest BCUT2D eigenvalue weighted by atomic mass is 16.2. The van der Waals surface area contributed by atoms with E-state index in [1.165, 1.54) is 30.6 Å². The van der Waals surface area contributed by atoms with Gasteiger partial charge in [0, 0.05) is 12.6 Å². The van der Waals surface area contributed by atoms with Crippen molar-refractivity contribution >= 4 is 11.8 Å². The Labute approximate surface area is 131 Å². The number of rotatable bonds is 6. The fourth-order valence-electron chi connectivity index (χ4n) is 3.47. The number of nitrogens with one attached hydrogen (secondary N) is 1. The SMILES string of the molecule is CC(CCNC1CCCC1)CN1C(=O)c2ccccc2C1=O. The molecule has 1 heterocycles. The van der Waals surface area contributed by atoms with E-state index in [0.717, 1.165) is 13.0 Å². The summed E-state index contributed by atoms with van der Waals surface area (Å²) in [6.45, 7) is 3.59. The molecule has 4 nitrogen and oxygen atoms in total. The number of amides is 2. The first-order valence-corrected chi connectivity index (χ1v) is 8.35. The molecule has 0 spiro atoms. The lowest BCUT2D eigenvalue weighted by Gasteiger charge is -2.20. The van der Waals surface area contributed by atoms with Gasteiger partial charge in [-0.3, -0.25) is 14.5 Å². The molecule has 1 aromatic carbocycles. The van der Waals surface area contributed by atoms with Gasteiger partial charge in [0.05, 0.1) is 11.1 Å². The van der Waals surface area contributed by atoms with Crippen LogP contribution in [-0.2, 0) is 0 Å². The molecule has 1 unspecified atom stereocenters. The first-order valence-electron chi connectivity index (χ1n) is 8.35. The lowest BCUT2D eigenvalue weighted by atomic mass is 10.1. The van der Waals surface area contributed by atoms with Crippen LogP contribution in [0.25, 0.3) is 0 Å². The van der Waals surface area contributed by atoms with Crippen molar-refractivity contribution in [3.05, 3.63) is 35.4 Å².